The second-order valence-electron chi connectivity index (χ2n) is 4.77. The smallest absolute Gasteiger partial charge is 0.218 e. The molecule has 1 unspecified atom stereocenters. The van der Waals surface area contributed by atoms with Crippen LogP contribution in [0.2, 0.25) is 0 Å². The van der Waals surface area contributed by atoms with E-state index in [4.69, 9.17) is 4.74 Å². The van der Waals surface area contributed by atoms with Gasteiger partial charge in [-0.05, 0) is 24.6 Å². The summed E-state index contributed by atoms with van der Waals surface area (Å²) in [6.45, 7) is 3.88. The van der Waals surface area contributed by atoms with Crippen LogP contribution in [-0.2, 0) is 15.8 Å². The summed E-state index contributed by atoms with van der Waals surface area (Å²) in [6, 6.07) is 7.20. The highest BCUT2D eigenvalue weighted by atomic mass is 32.2. The maximum Gasteiger partial charge on any atom is 0.218 e. The van der Waals surface area contributed by atoms with Gasteiger partial charge in [0.1, 0.15) is 5.75 Å². The molecular formula is C13H20N2O3S. The Morgan fingerprint density at radius 1 is 1.47 bits per heavy atom. The van der Waals surface area contributed by atoms with E-state index in [0.29, 0.717) is 25.4 Å². The molecule has 1 atom stereocenters. The van der Waals surface area contributed by atoms with Gasteiger partial charge in [0.2, 0.25) is 10.0 Å². The Balaban J connectivity index is 2.15. The van der Waals surface area contributed by atoms with Gasteiger partial charge < -0.3 is 10.1 Å². The molecule has 1 fully saturated rings. The topological polar surface area (TPSA) is 58.6 Å². The number of nitrogens with one attached hydrogen (secondary N) is 1. The quantitative estimate of drug-likeness (QED) is 0.889. The summed E-state index contributed by atoms with van der Waals surface area (Å²) in [7, 11) is -1.70. The third kappa shape index (κ3) is 3.46. The zero-order chi connectivity index (χ0) is 13.9. The number of methoxy groups -OCH3 is 1. The van der Waals surface area contributed by atoms with Crippen molar-refractivity contribution in [2.75, 3.05) is 26.7 Å². The maximum absolute atomic E-state index is 12.4. The summed E-state index contributed by atoms with van der Waals surface area (Å²) in [4.78, 5) is 0. The highest BCUT2D eigenvalue weighted by Gasteiger charge is 2.29. The molecule has 0 bridgehead atoms. The second kappa shape index (κ2) is 5.90. The third-order valence-corrected chi connectivity index (χ3v) is 5.24. The van der Waals surface area contributed by atoms with E-state index in [1.165, 1.54) is 0 Å². The van der Waals surface area contributed by atoms with E-state index in [-0.39, 0.29) is 11.8 Å². The van der Waals surface area contributed by atoms with Crippen LogP contribution in [0.25, 0.3) is 0 Å². The molecule has 0 saturated carbocycles. The van der Waals surface area contributed by atoms with Crippen molar-refractivity contribution < 1.29 is 13.2 Å². The molecule has 5 nitrogen and oxygen atoms in total. The van der Waals surface area contributed by atoms with Crippen LogP contribution in [0.1, 0.15) is 12.5 Å². The van der Waals surface area contributed by atoms with Crippen molar-refractivity contribution in [2.45, 2.75) is 18.7 Å². The van der Waals surface area contributed by atoms with Gasteiger partial charge in [-0.15, -0.1) is 0 Å². The van der Waals surface area contributed by atoms with E-state index >= 15 is 0 Å². The molecule has 0 aliphatic carbocycles. The van der Waals surface area contributed by atoms with Gasteiger partial charge >= 0.3 is 0 Å². The predicted octanol–water partition coefficient (Wildman–Crippen LogP) is 0.819. The van der Waals surface area contributed by atoms with Gasteiger partial charge in [-0.25, -0.2) is 8.42 Å². The number of piperazine rings is 1. The molecule has 19 heavy (non-hydrogen) atoms. The van der Waals surface area contributed by atoms with Crippen molar-refractivity contribution in [3.05, 3.63) is 29.8 Å². The van der Waals surface area contributed by atoms with E-state index in [1.807, 2.05) is 25.1 Å². The minimum atomic E-state index is -3.27. The first-order chi connectivity index (χ1) is 9.03. The number of sulfonamides is 1. The van der Waals surface area contributed by atoms with Gasteiger partial charge in [0.25, 0.3) is 0 Å². The van der Waals surface area contributed by atoms with Gasteiger partial charge in [0.15, 0.2) is 0 Å². The fourth-order valence-corrected chi connectivity index (χ4v) is 4.05. The number of nitrogens with zero attached hydrogens (tertiary/aromatic N) is 1. The lowest BCUT2D eigenvalue weighted by Crippen LogP contribution is -2.52. The van der Waals surface area contributed by atoms with Gasteiger partial charge in [0.05, 0.1) is 12.9 Å². The van der Waals surface area contributed by atoms with Crippen LogP contribution < -0.4 is 10.1 Å². The van der Waals surface area contributed by atoms with Crippen molar-refractivity contribution in [3.8, 4) is 5.75 Å². The van der Waals surface area contributed by atoms with Crippen molar-refractivity contribution in [2.24, 2.45) is 0 Å². The molecule has 6 heteroatoms. The zero-order valence-corrected chi connectivity index (χ0v) is 12.1. The molecule has 106 valence electrons. The van der Waals surface area contributed by atoms with Gasteiger partial charge in [0, 0.05) is 25.7 Å². The minimum Gasteiger partial charge on any atom is -0.497 e. The van der Waals surface area contributed by atoms with E-state index in [9.17, 15) is 8.42 Å². The predicted molar refractivity (Wildman–Crippen MR) is 74.7 cm³/mol. The first-order valence-electron chi connectivity index (χ1n) is 6.36. The Hall–Kier alpha value is -1.11. The number of ether oxygens (including phenoxy) is 1. The molecule has 1 N–H and O–H groups in total. The van der Waals surface area contributed by atoms with Crippen LogP contribution in [0.15, 0.2) is 24.3 Å². The van der Waals surface area contributed by atoms with E-state index in [0.717, 1.165) is 5.56 Å². The Morgan fingerprint density at radius 3 is 2.95 bits per heavy atom. The van der Waals surface area contributed by atoms with Crippen molar-refractivity contribution in [3.63, 3.8) is 0 Å². The van der Waals surface area contributed by atoms with Crippen molar-refractivity contribution >= 4 is 10.0 Å². The zero-order valence-electron chi connectivity index (χ0n) is 11.3. The van der Waals surface area contributed by atoms with Crippen LogP contribution in [0.5, 0.6) is 5.75 Å². The highest BCUT2D eigenvalue weighted by molar-refractivity contribution is 7.88. The number of benzene rings is 1. The van der Waals surface area contributed by atoms with E-state index in [1.54, 1.807) is 17.5 Å². The summed E-state index contributed by atoms with van der Waals surface area (Å²) < 4.78 is 31.5. The molecule has 1 heterocycles. The largest absolute Gasteiger partial charge is 0.497 e. The van der Waals surface area contributed by atoms with Crippen LogP contribution in [0, 0.1) is 0 Å². The number of hydrogen-bond donors (Lipinski definition) is 1. The lowest BCUT2D eigenvalue weighted by molar-refractivity contribution is 0.283. The maximum atomic E-state index is 12.4. The van der Waals surface area contributed by atoms with Gasteiger partial charge in [-0.3, -0.25) is 0 Å². The molecule has 1 aromatic carbocycles. The van der Waals surface area contributed by atoms with E-state index in [2.05, 4.69) is 5.32 Å². The SMILES string of the molecule is COc1cccc(CS(=O)(=O)N2CCNCC2C)c1. The first kappa shape index (κ1) is 14.3. The van der Waals surface area contributed by atoms with Crippen LogP contribution in [0.3, 0.4) is 0 Å². The Kier molecular flexibility index (Phi) is 4.44. The van der Waals surface area contributed by atoms with Gasteiger partial charge in [-0.2, -0.15) is 4.31 Å². The fourth-order valence-electron chi connectivity index (χ4n) is 2.29. The molecule has 1 aliphatic rings. The van der Waals surface area contributed by atoms with Crippen LogP contribution in [0.4, 0.5) is 0 Å². The minimum absolute atomic E-state index is 0.00403. The molecule has 1 aliphatic heterocycles. The number of hydrogen-bond acceptors (Lipinski definition) is 4. The fraction of sp³-hybridized carbons (Fsp3) is 0.538. The molecule has 2 rings (SSSR count). The standard InChI is InChI=1S/C13H20N2O3S/c1-11-9-14-6-7-15(11)19(16,17)10-12-4-3-5-13(8-12)18-2/h3-5,8,11,14H,6-7,9-10H2,1-2H3. The van der Waals surface area contributed by atoms with Gasteiger partial charge in [-0.1, -0.05) is 12.1 Å². The average Bonchev–Trinajstić information content (AvgIpc) is 2.38. The lowest BCUT2D eigenvalue weighted by Gasteiger charge is -2.32. The summed E-state index contributed by atoms with van der Waals surface area (Å²) in [5.41, 5.74) is 0.755. The summed E-state index contributed by atoms with van der Waals surface area (Å²) in [5, 5.41) is 3.19. The first-order valence-corrected chi connectivity index (χ1v) is 7.97. The Morgan fingerprint density at radius 2 is 2.26 bits per heavy atom. The molecule has 0 amide bonds. The Bertz CT molecular complexity index is 530. The van der Waals surface area contributed by atoms with Crippen molar-refractivity contribution in [1.29, 1.82) is 0 Å². The molecule has 0 radical (unpaired) electrons. The molecule has 0 aromatic heterocycles. The second-order valence-corrected chi connectivity index (χ2v) is 6.69. The normalized spacial score (nSPS) is 21.3. The van der Waals surface area contributed by atoms with Crippen LogP contribution in [-0.4, -0.2) is 45.5 Å². The molecule has 1 aromatic rings. The van der Waals surface area contributed by atoms with Crippen molar-refractivity contribution in [1.82, 2.24) is 9.62 Å². The highest BCUT2D eigenvalue weighted by Crippen LogP contribution is 2.18. The summed E-state index contributed by atoms with van der Waals surface area (Å²) in [6.07, 6.45) is 0. The summed E-state index contributed by atoms with van der Waals surface area (Å²) in [5.74, 6) is 0.704. The molecule has 0 spiro atoms. The Labute approximate surface area is 114 Å². The monoisotopic (exact) mass is 284 g/mol. The summed E-state index contributed by atoms with van der Waals surface area (Å²) >= 11 is 0. The van der Waals surface area contributed by atoms with Crippen LogP contribution >= 0.6 is 0 Å². The molecule has 1 saturated heterocycles. The third-order valence-electron chi connectivity index (χ3n) is 3.28. The average molecular weight is 284 g/mol. The number of rotatable bonds is 4. The van der Waals surface area contributed by atoms with E-state index < -0.39 is 10.0 Å². The lowest BCUT2D eigenvalue weighted by atomic mass is 10.2. The molecular weight excluding hydrogens is 264 g/mol.